The normalized spacial score (nSPS) is 9.20. The van der Waals surface area contributed by atoms with Crippen molar-refractivity contribution in [2.45, 2.75) is 0 Å². The van der Waals surface area contributed by atoms with E-state index in [9.17, 15) is 4.79 Å². The van der Waals surface area contributed by atoms with Gasteiger partial charge in [0.1, 0.15) is 0 Å². The molecule has 0 heterocycles. The molecule has 0 bridgehead atoms. The first kappa shape index (κ1) is 11.4. The Morgan fingerprint density at radius 1 is 1.20 bits per heavy atom. The summed E-state index contributed by atoms with van der Waals surface area (Å²) in [5.74, 6) is 9.91. The fourth-order valence-corrected chi connectivity index (χ4v) is 0.888. The molecule has 0 atom stereocenters. The van der Waals surface area contributed by atoms with Crippen LogP contribution in [0.2, 0.25) is 0 Å². The monoisotopic (exact) mass is 225 g/mol. The second-order valence-electron chi connectivity index (χ2n) is 2.66. The minimum Gasteiger partial charge on any atom is -0.272 e. The van der Waals surface area contributed by atoms with Crippen LogP contribution in [0.15, 0.2) is 30.3 Å². The van der Waals surface area contributed by atoms with E-state index < -0.39 is 0 Å². The highest BCUT2D eigenvalue weighted by atomic mass is 32.1. The van der Waals surface area contributed by atoms with Gasteiger partial charge in [0.15, 0.2) is 0 Å². The van der Waals surface area contributed by atoms with Gasteiger partial charge in [0.05, 0.1) is 0 Å². The molecular formula is C8H11N5OS. The Kier molecular flexibility index (Phi) is 3.98. The summed E-state index contributed by atoms with van der Waals surface area (Å²) in [6, 6.07) is 8.67. The van der Waals surface area contributed by atoms with Crippen LogP contribution >= 0.6 is 12.2 Å². The van der Waals surface area contributed by atoms with Crippen LogP contribution < -0.4 is 22.5 Å². The van der Waals surface area contributed by atoms with Crippen LogP contribution in [0.3, 0.4) is 0 Å². The van der Waals surface area contributed by atoms with Crippen LogP contribution in [0.4, 0.5) is 0 Å². The number of hydrazine groups is 3. The Hall–Kier alpha value is -1.70. The number of nitrogens with two attached hydrogens (primary N) is 2. The Bertz CT molecular complexity index is 353. The van der Waals surface area contributed by atoms with Gasteiger partial charge in [-0.25, -0.2) is 16.8 Å². The second-order valence-corrected chi connectivity index (χ2v) is 3.04. The van der Waals surface area contributed by atoms with Gasteiger partial charge >= 0.3 is 0 Å². The number of benzene rings is 1. The molecule has 6 N–H and O–H groups in total. The largest absolute Gasteiger partial charge is 0.272 e. The minimum atomic E-state index is -0.320. The van der Waals surface area contributed by atoms with Gasteiger partial charge in [-0.05, 0) is 24.4 Å². The van der Waals surface area contributed by atoms with Crippen molar-refractivity contribution >= 4 is 23.2 Å². The fraction of sp³-hybridized carbons (Fsp3) is 0. The van der Waals surface area contributed by atoms with Crippen molar-refractivity contribution in [1.82, 2.24) is 16.0 Å². The van der Waals surface area contributed by atoms with Crippen molar-refractivity contribution in [2.75, 3.05) is 0 Å². The molecule has 0 aromatic heterocycles. The third kappa shape index (κ3) is 3.50. The molecule has 15 heavy (non-hydrogen) atoms. The lowest BCUT2D eigenvalue weighted by Crippen LogP contribution is -2.54. The van der Waals surface area contributed by atoms with Crippen LogP contribution in [-0.2, 0) is 0 Å². The summed E-state index contributed by atoms with van der Waals surface area (Å²) in [6.45, 7) is 0. The maximum Gasteiger partial charge on any atom is 0.269 e. The van der Waals surface area contributed by atoms with E-state index in [-0.39, 0.29) is 11.0 Å². The zero-order valence-corrected chi connectivity index (χ0v) is 8.62. The molecule has 0 radical (unpaired) electrons. The van der Waals surface area contributed by atoms with E-state index in [0.29, 0.717) is 10.7 Å². The molecule has 6 nitrogen and oxygen atoms in total. The number of thiocarbonyl (C=S) groups is 1. The maximum atomic E-state index is 11.4. The highest BCUT2D eigenvalue weighted by Crippen LogP contribution is 1.96. The fourth-order valence-electron chi connectivity index (χ4n) is 0.836. The molecule has 0 saturated carbocycles. The minimum absolute atomic E-state index is 0.0132. The number of carbonyl (C=O) groups excluding carboxylic acids is 1. The van der Waals surface area contributed by atoms with E-state index in [1.807, 2.05) is 6.07 Å². The molecule has 0 saturated heterocycles. The molecule has 80 valence electrons. The summed E-state index contributed by atoms with van der Waals surface area (Å²) in [4.78, 5) is 11.4. The molecule has 7 heteroatoms. The summed E-state index contributed by atoms with van der Waals surface area (Å²) < 4.78 is 0. The first-order chi connectivity index (χ1) is 7.11. The second kappa shape index (κ2) is 5.25. The number of hydrogen-bond donors (Lipinski definition) is 4. The highest BCUT2D eigenvalue weighted by Gasteiger charge is 2.05. The average Bonchev–Trinajstić information content (AvgIpc) is 2.26. The van der Waals surface area contributed by atoms with E-state index in [0.717, 1.165) is 0 Å². The lowest BCUT2D eigenvalue weighted by Gasteiger charge is -2.14. The van der Waals surface area contributed by atoms with Gasteiger partial charge in [0.25, 0.3) is 5.91 Å². The third-order valence-corrected chi connectivity index (χ3v) is 1.87. The standard InChI is InChI=1S/C8H11N5OS/c9-13(10)8(15)12-11-7(14)6-4-2-1-3-5-6/h1-5H,9-10H2,(H,11,14)(H,12,15). The molecule has 1 rings (SSSR count). The molecule has 0 aliphatic carbocycles. The number of nitrogens with zero attached hydrogens (tertiary/aromatic N) is 1. The third-order valence-electron chi connectivity index (χ3n) is 1.55. The predicted molar refractivity (Wildman–Crippen MR) is 59.9 cm³/mol. The van der Waals surface area contributed by atoms with E-state index in [1.54, 1.807) is 24.3 Å². The van der Waals surface area contributed by atoms with Crippen molar-refractivity contribution in [3.63, 3.8) is 0 Å². The van der Waals surface area contributed by atoms with Crippen LogP contribution in [-0.4, -0.2) is 16.1 Å². The Balaban J connectivity index is 2.48. The summed E-state index contributed by atoms with van der Waals surface area (Å²) in [7, 11) is 0. The first-order valence-corrected chi connectivity index (χ1v) is 4.47. The molecular weight excluding hydrogens is 214 g/mol. The Morgan fingerprint density at radius 2 is 1.80 bits per heavy atom. The SMILES string of the molecule is NN(N)C(=S)NNC(=O)c1ccccc1. The molecule has 0 unspecified atom stereocenters. The van der Waals surface area contributed by atoms with Crippen LogP contribution in [0.25, 0.3) is 0 Å². The van der Waals surface area contributed by atoms with Crippen molar-refractivity contribution in [2.24, 2.45) is 11.7 Å². The van der Waals surface area contributed by atoms with Gasteiger partial charge < -0.3 is 0 Å². The van der Waals surface area contributed by atoms with Gasteiger partial charge in [0.2, 0.25) is 5.11 Å². The molecule has 1 aromatic rings. The quantitative estimate of drug-likeness (QED) is 0.285. The molecule has 0 fully saturated rings. The van der Waals surface area contributed by atoms with Crippen LogP contribution in [0, 0.1) is 0 Å². The maximum absolute atomic E-state index is 11.4. The molecule has 1 amide bonds. The van der Waals surface area contributed by atoms with Gasteiger partial charge in [-0.3, -0.25) is 15.6 Å². The van der Waals surface area contributed by atoms with E-state index >= 15 is 0 Å². The smallest absolute Gasteiger partial charge is 0.269 e. The van der Waals surface area contributed by atoms with Crippen LogP contribution in [0.1, 0.15) is 10.4 Å². The first-order valence-electron chi connectivity index (χ1n) is 4.06. The zero-order chi connectivity index (χ0) is 11.3. The number of amides is 1. The number of hydrogen-bond acceptors (Lipinski definition) is 4. The Labute approximate surface area is 92.1 Å². The van der Waals surface area contributed by atoms with E-state index in [1.165, 1.54) is 0 Å². The van der Waals surface area contributed by atoms with Gasteiger partial charge in [-0.2, -0.15) is 0 Å². The predicted octanol–water partition coefficient (Wildman–Crippen LogP) is -0.745. The summed E-state index contributed by atoms with van der Waals surface area (Å²) in [6.07, 6.45) is 0. The van der Waals surface area contributed by atoms with Crippen molar-refractivity contribution in [1.29, 1.82) is 0 Å². The van der Waals surface area contributed by atoms with Gasteiger partial charge in [-0.1, -0.05) is 18.2 Å². The van der Waals surface area contributed by atoms with Gasteiger partial charge in [0, 0.05) is 5.56 Å². The number of carbonyl (C=O) groups is 1. The van der Waals surface area contributed by atoms with Crippen LogP contribution in [0.5, 0.6) is 0 Å². The highest BCUT2D eigenvalue weighted by molar-refractivity contribution is 7.80. The molecule has 1 aromatic carbocycles. The van der Waals surface area contributed by atoms with E-state index in [4.69, 9.17) is 23.9 Å². The average molecular weight is 225 g/mol. The lowest BCUT2D eigenvalue weighted by molar-refractivity contribution is 0.0942. The lowest BCUT2D eigenvalue weighted by atomic mass is 10.2. The Morgan fingerprint density at radius 3 is 2.33 bits per heavy atom. The molecule has 0 aliphatic rings. The molecule has 0 aliphatic heterocycles. The van der Waals surface area contributed by atoms with Gasteiger partial charge in [-0.15, -0.1) is 0 Å². The molecule has 0 spiro atoms. The number of rotatable bonds is 1. The summed E-state index contributed by atoms with van der Waals surface area (Å²) in [5.41, 5.74) is 5.24. The topological polar surface area (TPSA) is 96.4 Å². The number of nitrogens with one attached hydrogen (secondary N) is 2. The van der Waals surface area contributed by atoms with E-state index in [2.05, 4.69) is 10.9 Å². The summed E-state index contributed by atoms with van der Waals surface area (Å²) >= 11 is 4.70. The zero-order valence-electron chi connectivity index (χ0n) is 7.81. The van der Waals surface area contributed by atoms with Crippen molar-refractivity contribution in [3.05, 3.63) is 35.9 Å². The summed E-state index contributed by atoms with van der Waals surface area (Å²) in [5, 5.41) is 0.708. The van der Waals surface area contributed by atoms with Crippen molar-refractivity contribution in [3.8, 4) is 0 Å². The van der Waals surface area contributed by atoms with Crippen molar-refractivity contribution < 1.29 is 4.79 Å².